The van der Waals surface area contributed by atoms with E-state index in [1.54, 1.807) is 31.1 Å². The maximum atomic E-state index is 13.3. The second-order valence-electron chi connectivity index (χ2n) is 7.01. The van der Waals surface area contributed by atoms with Crippen molar-refractivity contribution in [2.24, 2.45) is 0 Å². The quantitative estimate of drug-likeness (QED) is 0.775. The Morgan fingerprint density at radius 3 is 2.33 bits per heavy atom. The molecule has 2 N–H and O–H groups in total. The molecule has 5 nitrogen and oxygen atoms in total. The van der Waals surface area contributed by atoms with E-state index in [1.165, 1.54) is 12.1 Å². The van der Waals surface area contributed by atoms with E-state index in [2.05, 4.69) is 5.32 Å². The van der Waals surface area contributed by atoms with Crippen molar-refractivity contribution in [3.05, 3.63) is 65.0 Å². The van der Waals surface area contributed by atoms with Crippen LogP contribution in [0, 0.1) is 19.7 Å². The number of nitrogens with zero attached hydrogens (tertiary/aromatic N) is 1. The average molecular weight is 372 g/mol. The van der Waals surface area contributed by atoms with Crippen molar-refractivity contribution in [3.8, 4) is 0 Å². The lowest BCUT2D eigenvalue weighted by Gasteiger charge is -2.20. The standard InChI is InChI=1S/C21H26FN3O2/c1-15-7-5-8-16(2)21(15)23-19(26)13-24(3)14-20(27)25(4)12-17-9-6-10-18(22)11-17/h5-11H,12-14H2,1-4H3,(H,23,26)/p+1. The van der Waals surface area contributed by atoms with Gasteiger partial charge < -0.3 is 15.1 Å². The lowest BCUT2D eigenvalue weighted by atomic mass is 10.1. The molecule has 0 fully saturated rings. The molecule has 0 aliphatic carbocycles. The summed E-state index contributed by atoms with van der Waals surface area (Å²) in [6.45, 7) is 4.60. The minimum atomic E-state index is -0.320. The molecular weight excluding hydrogens is 345 g/mol. The lowest BCUT2D eigenvalue weighted by molar-refractivity contribution is -0.862. The Bertz CT molecular complexity index is 803. The third-order valence-corrected chi connectivity index (χ3v) is 4.40. The van der Waals surface area contributed by atoms with E-state index in [4.69, 9.17) is 0 Å². The smallest absolute Gasteiger partial charge is 0.279 e. The number of rotatable bonds is 7. The number of carbonyl (C=O) groups is 2. The summed E-state index contributed by atoms with van der Waals surface area (Å²) in [4.78, 5) is 27.0. The molecule has 6 heteroatoms. The van der Waals surface area contributed by atoms with Crippen molar-refractivity contribution >= 4 is 17.5 Å². The zero-order valence-corrected chi connectivity index (χ0v) is 16.3. The largest absolute Gasteiger partial charge is 0.337 e. The molecule has 2 aromatic rings. The van der Waals surface area contributed by atoms with Crippen molar-refractivity contribution in [2.75, 3.05) is 32.5 Å². The van der Waals surface area contributed by atoms with Crippen LogP contribution in [0.4, 0.5) is 10.1 Å². The van der Waals surface area contributed by atoms with Gasteiger partial charge in [-0.15, -0.1) is 0 Å². The lowest BCUT2D eigenvalue weighted by Crippen LogP contribution is -3.11. The van der Waals surface area contributed by atoms with E-state index >= 15 is 0 Å². The van der Waals surface area contributed by atoms with Crippen molar-refractivity contribution in [1.29, 1.82) is 0 Å². The fourth-order valence-corrected chi connectivity index (χ4v) is 2.92. The number of halogens is 1. The van der Waals surface area contributed by atoms with Crippen LogP contribution in [-0.4, -0.2) is 43.9 Å². The van der Waals surface area contributed by atoms with Crippen molar-refractivity contribution in [1.82, 2.24) is 4.90 Å². The van der Waals surface area contributed by atoms with E-state index in [-0.39, 0.29) is 30.7 Å². The van der Waals surface area contributed by atoms with Crippen LogP contribution in [0.15, 0.2) is 42.5 Å². The number of quaternary nitrogens is 1. The molecule has 0 bridgehead atoms. The maximum Gasteiger partial charge on any atom is 0.279 e. The minimum Gasteiger partial charge on any atom is -0.337 e. The van der Waals surface area contributed by atoms with Crippen LogP contribution in [-0.2, 0) is 16.1 Å². The molecule has 0 saturated carbocycles. The third kappa shape index (κ3) is 6.18. The average Bonchev–Trinajstić information content (AvgIpc) is 2.58. The van der Waals surface area contributed by atoms with Crippen molar-refractivity contribution in [2.45, 2.75) is 20.4 Å². The van der Waals surface area contributed by atoms with Crippen LogP contribution >= 0.6 is 0 Å². The zero-order valence-electron chi connectivity index (χ0n) is 16.3. The molecule has 2 rings (SSSR count). The van der Waals surface area contributed by atoms with Crippen LogP contribution in [0.1, 0.15) is 16.7 Å². The van der Waals surface area contributed by atoms with Gasteiger partial charge in [0.2, 0.25) is 0 Å². The molecule has 2 aromatic carbocycles. The fraction of sp³-hybridized carbons (Fsp3) is 0.333. The topological polar surface area (TPSA) is 53.9 Å². The van der Waals surface area contributed by atoms with E-state index in [9.17, 15) is 14.0 Å². The third-order valence-electron chi connectivity index (χ3n) is 4.40. The van der Waals surface area contributed by atoms with Crippen LogP contribution < -0.4 is 10.2 Å². The molecule has 27 heavy (non-hydrogen) atoms. The van der Waals surface area contributed by atoms with Gasteiger partial charge in [0, 0.05) is 19.3 Å². The van der Waals surface area contributed by atoms with Gasteiger partial charge in [-0.3, -0.25) is 9.59 Å². The van der Waals surface area contributed by atoms with Crippen LogP contribution in [0.2, 0.25) is 0 Å². The molecule has 0 spiro atoms. The molecule has 0 heterocycles. The molecule has 0 aliphatic heterocycles. The molecule has 0 saturated heterocycles. The van der Waals surface area contributed by atoms with Gasteiger partial charge in [0.25, 0.3) is 11.8 Å². The van der Waals surface area contributed by atoms with Gasteiger partial charge in [-0.05, 0) is 42.7 Å². The van der Waals surface area contributed by atoms with E-state index in [0.717, 1.165) is 27.3 Å². The zero-order chi connectivity index (χ0) is 20.0. The summed E-state index contributed by atoms with van der Waals surface area (Å²) in [6, 6.07) is 12.0. The Morgan fingerprint density at radius 1 is 1.07 bits per heavy atom. The molecule has 0 aromatic heterocycles. The fourth-order valence-electron chi connectivity index (χ4n) is 2.92. The molecule has 0 aliphatic rings. The first-order valence-electron chi connectivity index (χ1n) is 8.92. The predicted octanol–water partition coefficient (Wildman–Crippen LogP) is 1.55. The Kier molecular flexibility index (Phi) is 7.07. The monoisotopic (exact) mass is 372 g/mol. The second kappa shape index (κ2) is 9.28. The Morgan fingerprint density at radius 2 is 1.70 bits per heavy atom. The van der Waals surface area contributed by atoms with Crippen LogP contribution in [0.3, 0.4) is 0 Å². The first kappa shape index (κ1) is 20.6. The molecule has 1 unspecified atom stereocenters. The Labute approximate surface area is 159 Å². The summed E-state index contributed by atoms with van der Waals surface area (Å²) in [7, 11) is 3.48. The van der Waals surface area contributed by atoms with Gasteiger partial charge in [0.1, 0.15) is 5.82 Å². The number of hydrogen-bond acceptors (Lipinski definition) is 2. The number of nitrogens with one attached hydrogen (secondary N) is 2. The minimum absolute atomic E-state index is 0.100. The highest BCUT2D eigenvalue weighted by molar-refractivity contribution is 5.93. The van der Waals surface area contributed by atoms with Crippen LogP contribution in [0.25, 0.3) is 0 Å². The molecular formula is C21H27FN3O2+. The molecule has 2 amide bonds. The number of para-hydroxylation sites is 1. The summed E-state index contributed by atoms with van der Waals surface area (Å²) in [6.07, 6.45) is 0. The number of carbonyl (C=O) groups excluding carboxylic acids is 2. The Hall–Kier alpha value is -2.73. The highest BCUT2D eigenvalue weighted by Crippen LogP contribution is 2.18. The maximum absolute atomic E-state index is 13.3. The van der Waals surface area contributed by atoms with Gasteiger partial charge in [-0.2, -0.15) is 0 Å². The Balaban J connectivity index is 1.86. The molecule has 144 valence electrons. The highest BCUT2D eigenvalue weighted by Gasteiger charge is 2.18. The van der Waals surface area contributed by atoms with Gasteiger partial charge in [-0.25, -0.2) is 4.39 Å². The van der Waals surface area contributed by atoms with Gasteiger partial charge >= 0.3 is 0 Å². The summed E-state index contributed by atoms with van der Waals surface area (Å²) >= 11 is 0. The SMILES string of the molecule is Cc1cccc(C)c1NC(=O)C[NH+](C)CC(=O)N(C)Cc1cccc(F)c1. The summed E-state index contributed by atoms with van der Waals surface area (Å²) in [5.74, 6) is -0.554. The van der Waals surface area contributed by atoms with Crippen molar-refractivity contribution in [3.63, 3.8) is 0 Å². The molecule has 0 radical (unpaired) electrons. The molecule has 1 atom stereocenters. The number of amides is 2. The van der Waals surface area contributed by atoms with E-state index in [0.29, 0.717) is 6.54 Å². The van der Waals surface area contributed by atoms with Gasteiger partial charge in [0.15, 0.2) is 13.1 Å². The van der Waals surface area contributed by atoms with Gasteiger partial charge in [-0.1, -0.05) is 30.3 Å². The summed E-state index contributed by atoms with van der Waals surface area (Å²) < 4.78 is 13.3. The number of anilines is 1. The van der Waals surface area contributed by atoms with E-state index in [1.807, 2.05) is 32.0 Å². The van der Waals surface area contributed by atoms with Crippen LogP contribution in [0.5, 0.6) is 0 Å². The predicted molar refractivity (Wildman–Crippen MR) is 104 cm³/mol. The normalized spacial score (nSPS) is 11.7. The first-order chi connectivity index (χ1) is 12.8. The van der Waals surface area contributed by atoms with Crippen molar-refractivity contribution < 1.29 is 18.9 Å². The number of hydrogen-bond donors (Lipinski definition) is 2. The summed E-state index contributed by atoms with van der Waals surface area (Å²) in [5.41, 5.74) is 3.57. The number of likely N-dealkylation sites (N-methyl/N-ethyl adjacent to an activating group) is 2. The summed E-state index contributed by atoms with van der Waals surface area (Å²) in [5, 5.41) is 2.93. The van der Waals surface area contributed by atoms with E-state index < -0.39 is 0 Å². The highest BCUT2D eigenvalue weighted by atomic mass is 19.1. The second-order valence-corrected chi connectivity index (χ2v) is 7.01. The number of aryl methyl sites for hydroxylation is 2. The van der Waals surface area contributed by atoms with Gasteiger partial charge in [0.05, 0.1) is 7.05 Å². The first-order valence-corrected chi connectivity index (χ1v) is 8.92. The number of benzene rings is 2.